The number of thiazole rings is 1. The fraction of sp³-hybridized carbons (Fsp3) is 0.714. The lowest BCUT2D eigenvalue weighted by molar-refractivity contribution is 0.0519. The van der Waals surface area contributed by atoms with Gasteiger partial charge in [0.15, 0.2) is 10.8 Å². The number of nitrogens with zero attached hydrogens (tertiary/aromatic N) is 2. The van der Waals surface area contributed by atoms with E-state index in [1.165, 1.54) is 25.7 Å². The van der Waals surface area contributed by atoms with Gasteiger partial charge in [0.25, 0.3) is 0 Å². The fourth-order valence-electron chi connectivity index (χ4n) is 2.66. The topological polar surface area (TPSA) is 42.4 Å². The molecule has 1 aromatic rings. The number of hydrogen-bond donors (Lipinski definition) is 0. The highest BCUT2D eigenvalue weighted by Crippen LogP contribution is 2.32. The summed E-state index contributed by atoms with van der Waals surface area (Å²) in [6.07, 6.45) is 5.08. The molecule has 1 aliphatic carbocycles. The Hall–Kier alpha value is -1.10. The molecule has 1 fully saturated rings. The summed E-state index contributed by atoms with van der Waals surface area (Å²) >= 11 is 1.60. The molecule has 1 heterocycles. The van der Waals surface area contributed by atoms with Crippen LogP contribution in [0.2, 0.25) is 0 Å². The van der Waals surface area contributed by atoms with Gasteiger partial charge in [0.05, 0.1) is 6.61 Å². The maximum absolute atomic E-state index is 11.8. The first-order valence-electron chi connectivity index (χ1n) is 7.08. The SMILES string of the molecule is CCOC(=O)c1nc(N(CC)C2CCCC2)sc1C. The lowest BCUT2D eigenvalue weighted by Gasteiger charge is -2.26. The molecule has 0 unspecified atom stereocenters. The van der Waals surface area contributed by atoms with Gasteiger partial charge in [-0.25, -0.2) is 9.78 Å². The molecular formula is C14H22N2O2S. The summed E-state index contributed by atoms with van der Waals surface area (Å²) < 4.78 is 5.05. The Labute approximate surface area is 118 Å². The van der Waals surface area contributed by atoms with Crippen LogP contribution in [-0.2, 0) is 4.74 Å². The zero-order valence-electron chi connectivity index (χ0n) is 11.9. The standard InChI is InChI=1S/C14H22N2O2S/c1-4-16(11-8-6-7-9-11)14-15-12(10(3)19-14)13(17)18-5-2/h11H,4-9H2,1-3H3. The van der Waals surface area contributed by atoms with Crippen molar-refractivity contribution in [3.8, 4) is 0 Å². The third kappa shape index (κ3) is 3.08. The zero-order valence-corrected chi connectivity index (χ0v) is 12.8. The monoisotopic (exact) mass is 282 g/mol. The van der Waals surface area contributed by atoms with E-state index in [4.69, 9.17) is 4.74 Å². The second-order valence-corrected chi connectivity index (χ2v) is 6.03. The van der Waals surface area contributed by atoms with Crippen LogP contribution < -0.4 is 4.90 Å². The van der Waals surface area contributed by atoms with Crippen molar-refractivity contribution in [2.24, 2.45) is 0 Å². The lowest BCUT2D eigenvalue weighted by Crippen LogP contribution is -2.32. The van der Waals surface area contributed by atoms with Gasteiger partial charge in [-0.15, -0.1) is 11.3 Å². The number of aryl methyl sites for hydroxylation is 1. The van der Waals surface area contributed by atoms with E-state index in [-0.39, 0.29) is 5.97 Å². The molecule has 0 amide bonds. The molecule has 2 rings (SSSR count). The average Bonchev–Trinajstić information content (AvgIpc) is 3.01. The van der Waals surface area contributed by atoms with Gasteiger partial charge in [-0.05, 0) is 33.6 Å². The molecule has 4 nitrogen and oxygen atoms in total. The lowest BCUT2D eigenvalue weighted by atomic mass is 10.2. The minimum atomic E-state index is -0.301. The third-order valence-electron chi connectivity index (χ3n) is 3.61. The van der Waals surface area contributed by atoms with Crippen LogP contribution in [0.15, 0.2) is 0 Å². The Morgan fingerprint density at radius 3 is 2.68 bits per heavy atom. The molecule has 0 aromatic carbocycles. The van der Waals surface area contributed by atoms with Gasteiger partial charge in [0.2, 0.25) is 0 Å². The van der Waals surface area contributed by atoms with Gasteiger partial charge in [0, 0.05) is 17.5 Å². The predicted octanol–water partition coefficient (Wildman–Crippen LogP) is 3.40. The number of hydrogen-bond acceptors (Lipinski definition) is 5. The first-order valence-corrected chi connectivity index (χ1v) is 7.90. The molecule has 19 heavy (non-hydrogen) atoms. The normalized spacial score (nSPS) is 15.7. The van der Waals surface area contributed by atoms with E-state index in [1.54, 1.807) is 11.3 Å². The van der Waals surface area contributed by atoms with Crippen LogP contribution in [0.4, 0.5) is 5.13 Å². The predicted molar refractivity (Wildman–Crippen MR) is 78.1 cm³/mol. The summed E-state index contributed by atoms with van der Waals surface area (Å²) in [5.41, 5.74) is 0.485. The van der Waals surface area contributed by atoms with Crippen molar-refractivity contribution in [2.45, 2.75) is 52.5 Å². The van der Waals surface area contributed by atoms with Gasteiger partial charge >= 0.3 is 5.97 Å². The number of carbonyl (C=O) groups excluding carboxylic acids is 1. The van der Waals surface area contributed by atoms with E-state index in [9.17, 15) is 4.79 Å². The second kappa shape index (κ2) is 6.37. The number of carbonyl (C=O) groups is 1. The minimum Gasteiger partial charge on any atom is -0.461 e. The molecule has 1 saturated carbocycles. The van der Waals surface area contributed by atoms with Crippen LogP contribution in [0.5, 0.6) is 0 Å². The highest BCUT2D eigenvalue weighted by molar-refractivity contribution is 7.15. The van der Waals surface area contributed by atoms with Crippen LogP contribution in [0, 0.1) is 6.92 Å². The number of esters is 1. The van der Waals surface area contributed by atoms with E-state index in [0.29, 0.717) is 18.3 Å². The van der Waals surface area contributed by atoms with E-state index in [0.717, 1.165) is 16.6 Å². The second-order valence-electron chi connectivity index (χ2n) is 4.85. The number of rotatable bonds is 5. The van der Waals surface area contributed by atoms with Crippen molar-refractivity contribution in [2.75, 3.05) is 18.1 Å². The molecule has 0 bridgehead atoms. The molecule has 0 atom stereocenters. The van der Waals surface area contributed by atoms with E-state index < -0.39 is 0 Å². The Morgan fingerprint density at radius 2 is 2.11 bits per heavy atom. The zero-order chi connectivity index (χ0) is 13.8. The van der Waals surface area contributed by atoms with Crippen molar-refractivity contribution >= 4 is 22.4 Å². The van der Waals surface area contributed by atoms with Gasteiger partial charge in [-0.1, -0.05) is 12.8 Å². The Kier molecular flexibility index (Phi) is 4.80. The van der Waals surface area contributed by atoms with Crippen LogP contribution in [0.1, 0.15) is 54.9 Å². The van der Waals surface area contributed by atoms with Crippen molar-refractivity contribution in [1.82, 2.24) is 4.98 Å². The molecule has 5 heteroatoms. The van der Waals surface area contributed by atoms with Crippen LogP contribution in [0.3, 0.4) is 0 Å². The maximum atomic E-state index is 11.8. The Bertz CT molecular complexity index is 439. The quantitative estimate of drug-likeness (QED) is 0.776. The summed E-state index contributed by atoms with van der Waals surface area (Å²) in [7, 11) is 0. The van der Waals surface area contributed by atoms with Crippen molar-refractivity contribution in [3.63, 3.8) is 0 Å². The third-order valence-corrected chi connectivity index (χ3v) is 4.61. The maximum Gasteiger partial charge on any atom is 0.358 e. The van der Waals surface area contributed by atoms with Crippen LogP contribution in [-0.4, -0.2) is 30.1 Å². The fourth-order valence-corrected chi connectivity index (χ4v) is 3.69. The first-order chi connectivity index (χ1) is 9.17. The highest BCUT2D eigenvalue weighted by atomic mass is 32.1. The number of anilines is 1. The highest BCUT2D eigenvalue weighted by Gasteiger charge is 2.26. The minimum absolute atomic E-state index is 0.301. The molecule has 0 aliphatic heterocycles. The molecule has 0 spiro atoms. The van der Waals surface area contributed by atoms with Gasteiger partial charge in [0.1, 0.15) is 0 Å². The molecule has 1 aromatic heterocycles. The molecule has 0 saturated heterocycles. The summed E-state index contributed by atoms with van der Waals surface area (Å²) in [6, 6.07) is 0.589. The summed E-state index contributed by atoms with van der Waals surface area (Å²) in [5.74, 6) is -0.301. The van der Waals surface area contributed by atoms with Crippen LogP contribution >= 0.6 is 11.3 Å². The van der Waals surface area contributed by atoms with E-state index in [2.05, 4.69) is 16.8 Å². The number of aromatic nitrogens is 1. The van der Waals surface area contributed by atoms with Gasteiger partial charge in [-0.2, -0.15) is 0 Å². The summed E-state index contributed by atoms with van der Waals surface area (Å²) in [5, 5.41) is 0.968. The van der Waals surface area contributed by atoms with Crippen LogP contribution in [0.25, 0.3) is 0 Å². The van der Waals surface area contributed by atoms with Gasteiger partial charge < -0.3 is 9.64 Å². The van der Waals surface area contributed by atoms with Crippen molar-refractivity contribution in [1.29, 1.82) is 0 Å². The average molecular weight is 282 g/mol. The van der Waals surface area contributed by atoms with Crippen molar-refractivity contribution < 1.29 is 9.53 Å². The molecule has 0 N–H and O–H groups in total. The molecular weight excluding hydrogens is 260 g/mol. The number of ether oxygens (including phenoxy) is 1. The first kappa shape index (κ1) is 14.3. The largest absolute Gasteiger partial charge is 0.461 e. The van der Waals surface area contributed by atoms with Crippen molar-refractivity contribution in [3.05, 3.63) is 10.6 Å². The van der Waals surface area contributed by atoms with E-state index >= 15 is 0 Å². The van der Waals surface area contributed by atoms with E-state index in [1.807, 2.05) is 13.8 Å². The molecule has 106 valence electrons. The molecule has 1 aliphatic rings. The Morgan fingerprint density at radius 1 is 1.42 bits per heavy atom. The smallest absolute Gasteiger partial charge is 0.358 e. The molecule has 0 radical (unpaired) electrons. The Balaban J connectivity index is 2.19. The van der Waals surface area contributed by atoms with Gasteiger partial charge in [-0.3, -0.25) is 0 Å². The summed E-state index contributed by atoms with van der Waals surface area (Å²) in [6.45, 7) is 7.25. The summed E-state index contributed by atoms with van der Waals surface area (Å²) in [4.78, 5) is 19.6.